The van der Waals surface area contributed by atoms with Crippen LogP contribution in [-0.2, 0) is 0 Å². The van der Waals surface area contributed by atoms with E-state index in [1.807, 2.05) is 6.92 Å². The van der Waals surface area contributed by atoms with Crippen molar-refractivity contribution in [3.63, 3.8) is 0 Å². The molecule has 0 fully saturated rings. The summed E-state index contributed by atoms with van der Waals surface area (Å²) in [6.45, 7) is 8.57. The Kier molecular flexibility index (Phi) is 3.67. The summed E-state index contributed by atoms with van der Waals surface area (Å²) in [4.78, 5) is 4.05. The Hall–Kier alpha value is -0.330. The molecule has 0 bridgehead atoms. The van der Waals surface area contributed by atoms with Crippen molar-refractivity contribution in [1.29, 1.82) is 0 Å². The highest BCUT2D eigenvalue weighted by atomic mass is 14.7. The smallest absolute Gasteiger partial charge is 0.0385 e. The Balaban J connectivity index is 3.08. The minimum atomic E-state index is 0.926. The van der Waals surface area contributed by atoms with Crippen LogP contribution in [0.2, 0.25) is 0 Å². The van der Waals surface area contributed by atoms with Gasteiger partial charge >= 0.3 is 0 Å². The van der Waals surface area contributed by atoms with Crippen molar-refractivity contribution in [2.24, 2.45) is 4.99 Å². The quantitative estimate of drug-likeness (QED) is 0.466. The van der Waals surface area contributed by atoms with Gasteiger partial charge in [-0.1, -0.05) is 6.92 Å². The largest absolute Gasteiger partial charge is 0.294 e. The van der Waals surface area contributed by atoms with Crippen molar-refractivity contribution in [3.8, 4) is 0 Å². The lowest BCUT2D eigenvalue weighted by Gasteiger charge is -1.85. The molecule has 0 saturated heterocycles. The van der Waals surface area contributed by atoms with Gasteiger partial charge in [0.1, 0.15) is 0 Å². The van der Waals surface area contributed by atoms with Gasteiger partial charge in [0, 0.05) is 12.3 Å². The topological polar surface area (TPSA) is 12.4 Å². The van der Waals surface area contributed by atoms with Crippen molar-refractivity contribution in [1.82, 2.24) is 0 Å². The first-order valence-corrected chi connectivity index (χ1v) is 2.60. The number of hydrogen-bond donors (Lipinski definition) is 0. The van der Waals surface area contributed by atoms with Gasteiger partial charge in [0.2, 0.25) is 0 Å². The van der Waals surface area contributed by atoms with Gasteiger partial charge in [0.05, 0.1) is 0 Å². The second-order valence-corrected chi connectivity index (χ2v) is 1.62. The minimum absolute atomic E-state index is 0.926. The van der Waals surface area contributed by atoms with E-state index in [0.29, 0.717) is 0 Å². The SMILES string of the molecule is [CH2]C(C)=NCCC. The van der Waals surface area contributed by atoms with E-state index >= 15 is 0 Å². The molecule has 7 heavy (non-hydrogen) atoms. The molecule has 0 spiro atoms. The third kappa shape index (κ3) is 5.67. The number of rotatable bonds is 2. The molecule has 0 aliphatic carbocycles. The molecule has 0 N–H and O–H groups in total. The zero-order valence-corrected chi connectivity index (χ0v) is 5.07. The van der Waals surface area contributed by atoms with Crippen molar-refractivity contribution in [2.45, 2.75) is 20.3 Å². The van der Waals surface area contributed by atoms with Crippen LogP contribution in [0.15, 0.2) is 4.99 Å². The highest BCUT2D eigenvalue weighted by molar-refractivity contribution is 5.85. The lowest BCUT2D eigenvalue weighted by atomic mass is 10.4. The molecule has 0 unspecified atom stereocenters. The summed E-state index contributed by atoms with van der Waals surface area (Å²) in [5, 5.41) is 0. The van der Waals surface area contributed by atoms with Gasteiger partial charge < -0.3 is 0 Å². The highest BCUT2D eigenvalue weighted by Crippen LogP contribution is 1.78. The second kappa shape index (κ2) is 3.85. The first-order valence-electron chi connectivity index (χ1n) is 2.60. The summed E-state index contributed by atoms with van der Waals surface area (Å²) in [7, 11) is 0. The Morgan fingerprint density at radius 2 is 2.29 bits per heavy atom. The van der Waals surface area contributed by atoms with Crippen molar-refractivity contribution < 1.29 is 0 Å². The van der Waals surface area contributed by atoms with E-state index in [9.17, 15) is 0 Å². The highest BCUT2D eigenvalue weighted by Gasteiger charge is 1.73. The van der Waals surface area contributed by atoms with Crippen LogP contribution >= 0.6 is 0 Å². The van der Waals surface area contributed by atoms with E-state index in [1.165, 1.54) is 0 Å². The number of nitrogens with zero attached hydrogens (tertiary/aromatic N) is 1. The van der Waals surface area contributed by atoms with E-state index in [-0.39, 0.29) is 0 Å². The van der Waals surface area contributed by atoms with Crippen molar-refractivity contribution >= 4 is 5.71 Å². The van der Waals surface area contributed by atoms with Crippen LogP contribution < -0.4 is 0 Å². The molecule has 0 aromatic carbocycles. The van der Waals surface area contributed by atoms with Crippen LogP contribution in [0.1, 0.15) is 20.3 Å². The summed E-state index contributed by atoms with van der Waals surface area (Å²) in [6, 6.07) is 0. The van der Waals surface area contributed by atoms with E-state index in [1.54, 1.807) is 0 Å². The molecule has 0 rings (SSSR count). The molecule has 0 heterocycles. The molecule has 41 valence electrons. The van der Waals surface area contributed by atoms with Gasteiger partial charge in [-0.3, -0.25) is 4.99 Å². The minimum Gasteiger partial charge on any atom is -0.294 e. The molecule has 0 aromatic heterocycles. The summed E-state index contributed by atoms with van der Waals surface area (Å²) in [6.07, 6.45) is 1.12. The normalized spacial score (nSPS) is 12.1. The van der Waals surface area contributed by atoms with Crippen LogP contribution in [-0.4, -0.2) is 12.3 Å². The lowest BCUT2D eigenvalue weighted by Crippen LogP contribution is -1.83. The second-order valence-electron chi connectivity index (χ2n) is 1.62. The van der Waals surface area contributed by atoms with Crippen LogP contribution in [0.3, 0.4) is 0 Å². The molecule has 0 atom stereocenters. The summed E-state index contributed by atoms with van der Waals surface area (Å²) < 4.78 is 0. The van der Waals surface area contributed by atoms with Crippen molar-refractivity contribution in [2.75, 3.05) is 6.54 Å². The zero-order chi connectivity index (χ0) is 5.70. The zero-order valence-electron chi connectivity index (χ0n) is 5.07. The molecule has 0 aliphatic rings. The molecule has 0 aliphatic heterocycles. The fourth-order valence-electron chi connectivity index (χ4n) is 0.303. The Labute approximate surface area is 45.5 Å². The van der Waals surface area contributed by atoms with Crippen LogP contribution in [0, 0.1) is 6.92 Å². The molecular weight excluding hydrogens is 86.1 g/mol. The van der Waals surface area contributed by atoms with Crippen LogP contribution in [0.4, 0.5) is 0 Å². The molecular formula is C6H12N. The monoisotopic (exact) mass is 98.1 g/mol. The molecule has 1 nitrogen and oxygen atoms in total. The summed E-state index contributed by atoms with van der Waals surface area (Å²) in [5.41, 5.74) is 0.932. The average molecular weight is 98.2 g/mol. The first-order chi connectivity index (χ1) is 3.27. The van der Waals surface area contributed by atoms with E-state index in [4.69, 9.17) is 0 Å². The maximum Gasteiger partial charge on any atom is 0.0385 e. The molecule has 1 radical (unpaired) electrons. The Morgan fingerprint density at radius 1 is 1.71 bits per heavy atom. The Morgan fingerprint density at radius 3 is 2.43 bits per heavy atom. The molecule has 0 amide bonds. The predicted molar refractivity (Wildman–Crippen MR) is 33.6 cm³/mol. The summed E-state index contributed by atoms with van der Waals surface area (Å²) >= 11 is 0. The summed E-state index contributed by atoms with van der Waals surface area (Å²) in [5.74, 6) is 0. The Bertz CT molecular complexity index is 60.6. The van der Waals surface area contributed by atoms with E-state index in [0.717, 1.165) is 18.7 Å². The van der Waals surface area contributed by atoms with E-state index < -0.39 is 0 Å². The van der Waals surface area contributed by atoms with Gasteiger partial charge in [-0.2, -0.15) is 0 Å². The molecule has 1 heteroatoms. The maximum atomic E-state index is 4.05. The third-order valence-corrected chi connectivity index (χ3v) is 0.605. The number of hydrogen-bond acceptors (Lipinski definition) is 1. The molecule has 0 aromatic rings. The molecule has 0 saturated carbocycles. The average Bonchev–Trinajstić information content (AvgIpc) is 1.61. The standard InChI is InChI=1S/C6H12N/c1-4-5-7-6(2)3/h2,4-5H2,1,3H3. The predicted octanol–water partition coefficient (Wildman–Crippen LogP) is 1.69. The lowest BCUT2D eigenvalue weighted by molar-refractivity contribution is 0.932. The third-order valence-electron chi connectivity index (χ3n) is 0.605. The number of aliphatic imine (C=N–C) groups is 1. The van der Waals surface area contributed by atoms with Gasteiger partial charge in [-0.15, -0.1) is 0 Å². The maximum absolute atomic E-state index is 4.05. The van der Waals surface area contributed by atoms with Crippen LogP contribution in [0.5, 0.6) is 0 Å². The van der Waals surface area contributed by atoms with Gasteiger partial charge in [0.25, 0.3) is 0 Å². The van der Waals surface area contributed by atoms with Gasteiger partial charge in [-0.05, 0) is 20.3 Å². The van der Waals surface area contributed by atoms with Gasteiger partial charge in [-0.25, -0.2) is 0 Å². The van der Waals surface area contributed by atoms with Gasteiger partial charge in [0.15, 0.2) is 0 Å². The fourth-order valence-corrected chi connectivity index (χ4v) is 0.303. The fraction of sp³-hybridized carbons (Fsp3) is 0.667. The van der Waals surface area contributed by atoms with Crippen molar-refractivity contribution in [3.05, 3.63) is 6.92 Å². The van der Waals surface area contributed by atoms with E-state index in [2.05, 4.69) is 18.8 Å². The van der Waals surface area contributed by atoms with Crippen LogP contribution in [0.25, 0.3) is 0 Å². The first kappa shape index (κ1) is 6.67.